The lowest BCUT2D eigenvalue weighted by molar-refractivity contribution is 0.291. The van der Waals surface area contributed by atoms with Gasteiger partial charge in [-0.2, -0.15) is 0 Å². The van der Waals surface area contributed by atoms with E-state index in [-0.39, 0.29) is 6.61 Å². The van der Waals surface area contributed by atoms with Crippen LogP contribution in [0.5, 0.6) is 0 Å². The molecule has 1 rings (SSSR count). The Morgan fingerprint density at radius 2 is 2.38 bits per heavy atom. The molecule has 3 nitrogen and oxygen atoms in total. The molecule has 0 atom stereocenters. The van der Waals surface area contributed by atoms with Gasteiger partial charge in [-0.3, -0.25) is 0 Å². The molecular weight excluding hydrogens is 164 g/mol. The summed E-state index contributed by atoms with van der Waals surface area (Å²) in [6.45, 7) is 4.95. The fourth-order valence-corrected chi connectivity index (χ4v) is 1.36. The summed E-state index contributed by atoms with van der Waals surface area (Å²) in [7, 11) is 0. The molecule has 1 aromatic heterocycles. The maximum absolute atomic E-state index is 8.60. The van der Waals surface area contributed by atoms with Gasteiger partial charge in [0.2, 0.25) is 0 Å². The van der Waals surface area contributed by atoms with Crippen molar-refractivity contribution in [2.75, 3.05) is 13.2 Å². The number of nitrogens with one attached hydrogen (secondary N) is 1. The molecule has 0 aromatic carbocycles. The van der Waals surface area contributed by atoms with Crippen molar-refractivity contribution in [2.24, 2.45) is 0 Å². The van der Waals surface area contributed by atoms with Crippen molar-refractivity contribution in [3.63, 3.8) is 0 Å². The van der Waals surface area contributed by atoms with Crippen LogP contribution in [0.4, 0.5) is 0 Å². The zero-order valence-electron chi connectivity index (χ0n) is 8.16. The molecular formula is C10H18N2O. The third-order valence-electron chi connectivity index (χ3n) is 1.98. The van der Waals surface area contributed by atoms with E-state index in [1.165, 1.54) is 5.69 Å². The van der Waals surface area contributed by atoms with Gasteiger partial charge in [0.05, 0.1) is 6.61 Å². The number of rotatable bonds is 6. The minimum atomic E-state index is 0.203. The SMILES string of the molecule is CCCn1cccc1CNCCO. The third kappa shape index (κ3) is 3.20. The van der Waals surface area contributed by atoms with E-state index in [0.717, 1.165) is 19.5 Å². The van der Waals surface area contributed by atoms with Crippen LogP contribution < -0.4 is 5.32 Å². The average molecular weight is 182 g/mol. The molecule has 74 valence electrons. The number of aromatic nitrogens is 1. The lowest BCUT2D eigenvalue weighted by atomic mass is 10.4. The minimum Gasteiger partial charge on any atom is -0.395 e. The minimum absolute atomic E-state index is 0.203. The van der Waals surface area contributed by atoms with Crippen molar-refractivity contribution in [1.82, 2.24) is 9.88 Å². The van der Waals surface area contributed by atoms with E-state index in [9.17, 15) is 0 Å². The molecule has 0 amide bonds. The molecule has 0 aliphatic rings. The maximum Gasteiger partial charge on any atom is 0.0556 e. The highest BCUT2D eigenvalue weighted by atomic mass is 16.3. The Morgan fingerprint density at radius 3 is 3.08 bits per heavy atom. The van der Waals surface area contributed by atoms with Crippen LogP contribution in [0.3, 0.4) is 0 Å². The van der Waals surface area contributed by atoms with Crippen molar-refractivity contribution in [2.45, 2.75) is 26.4 Å². The second-order valence-electron chi connectivity index (χ2n) is 3.09. The first kappa shape index (κ1) is 10.3. The van der Waals surface area contributed by atoms with Gasteiger partial charge in [0.1, 0.15) is 0 Å². The predicted octanol–water partition coefficient (Wildman–Crippen LogP) is 0.980. The normalized spacial score (nSPS) is 10.6. The molecule has 3 heteroatoms. The van der Waals surface area contributed by atoms with E-state index in [0.29, 0.717) is 6.54 Å². The molecule has 0 unspecified atom stereocenters. The van der Waals surface area contributed by atoms with Gasteiger partial charge in [-0.05, 0) is 18.6 Å². The monoisotopic (exact) mass is 182 g/mol. The first-order valence-corrected chi connectivity index (χ1v) is 4.84. The van der Waals surface area contributed by atoms with Crippen molar-refractivity contribution in [1.29, 1.82) is 0 Å². The van der Waals surface area contributed by atoms with Gasteiger partial charge >= 0.3 is 0 Å². The van der Waals surface area contributed by atoms with Crippen LogP contribution in [-0.4, -0.2) is 22.8 Å². The first-order chi connectivity index (χ1) is 6.38. The number of aryl methyl sites for hydroxylation is 1. The zero-order chi connectivity index (χ0) is 9.52. The Labute approximate surface area is 79.4 Å². The van der Waals surface area contributed by atoms with Crippen molar-refractivity contribution in [3.05, 3.63) is 24.0 Å². The summed E-state index contributed by atoms with van der Waals surface area (Å²) in [4.78, 5) is 0. The summed E-state index contributed by atoms with van der Waals surface area (Å²) in [5.41, 5.74) is 1.29. The van der Waals surface area contributed by atoms with E-state index in [2.05, 4.69) is 35.1 Å². The molecule has 2 N–H and O–H groups in total. The Balaban J connectivity index is 2.40. The molecule has 1 heterocycles. The molecule has 13 heavy (non-hydrogen) atoms. The van der Waals surface area contributed by atoms with Crippen LogP contribution >= 0.6 is 0 Å². The smallest absolute Gasteiger partial charge is 0.0556 e. The molecule has 0 aliphatic carbocycles. The highest BCUT2D eigenvalue weighted by Crippen LogP contribution is 2.02. The molecule has 0 saturated carbocycles. The highest BCUT2D eigenvalue weighted by Gasteiger charge is 1.97. The van der Waals surface area contributed by atoms with Gasteiger partial charge in [-0.15, -0.1) is 0 Å². The Morgan fingerprint density at radius 1 is 1.54 bits per heavy atom. The van der Waals surface area contributed by atoms with Crippen LogP contribution in [0.1, 0.15) is 19.0 Å². The quantitative estimate of drug-likeness (QED) is 0.643. The van der Waals surface area contributed by atoms with Crippen LogP contribution in [0.2, 0.25) is 0 Å². The fourth-order valence-electron chi connectivity index (χ4n) is 1.36. The largest absolute Gasteiger partial charge is 0.395 e. The van der Waals surface area contributed by atoms with Gasteiger partial charge in [-0.25, -0.2) is 0 Å². The number of aliphatic hydroxyl groups is 1. The number of nitrogens with zero attached hydrogens (tertiary/aromatic N) is 1. The predicted molar refractivity (Wildman–Crippen MR) is 53.5 cm³/mol. The molecule has 0 fully saturated rings. The highest BCUT2D eigenvalue weighted by molar-refractivity contribution is 5.06. The van der Waals surface area contributed by atoms with Crippen LogP contribution in [0.15, 0.2) is 18.3 Å². The standard InChI is InChI=1S/C10H18N2O/c1-2-6-12-7-3-4-10(12)9-11-5-8-13/h3-4,7,11,13H,2,5-6,8-9H2,1H3. The second-order valence-corrected chi connectivity index (χ2v) is 3.09. The van der Waals surface area contributed by atoms with Gasteiger partial charge < -0.3 is 15.0 Å². The maximum atomic E-state index is 8.60. The van der Waals surface area contributed by atoms with E-state index >= 15 is 0 Å². The van der Waals surface area contributed by atoms with Crippen LogP contribution in [0.25, 0.3) is 0 Å². The summed E-state index contributed by atoms with van der Waals surface area (Å²) >= 11 is 0. The summed E-state index contributed by atoms with van der Waals surface area (Å²) in [5.74, 6) is 0. The van der Waals surface area contributed by atoms with Crippen LogP contribution in [-0.2, 0) is 13.1 Å². The zero-order valence-corrected chi connectivity index (χ0v) is 8.16. The molecule has 0 bridgehead atoms. The summed E-state index contributed by atoms with van der Waals surface area (Å²) < 4.78 is 2.24. The van der Waals surface area contributed by atoms with Gasteiger partial charge in [0, 0.05) is 31.5 Å². The van der Waals surface area contributed by atoms with Crippen molar-refractivity contribution < 1.29 is 5.11 Å². The summed E-state index contributed by atoms with van der Waals surface area (Å²) in [6, 6.07) is 4.17. The summed E-state index contributed by atoms with van der Waals surface area (Å²) in [5, 5.41) is 11.8. The fraction of sp³-hybridized carbons (Fsp3) is 0.600. The van der Waals surface area contributed by atoms with Crippen molar-refractivity contribution in [3.8, 4) is 0 Å². The molecule has 1 aromatic rings. The molecule has 0 saturated heterocycles. The van der Waals surface area contributed by atoms with E-state index in [1.807, 2.05) is 0 Å². The number of hydrogen-bond donors (Lipinski definition) is 2. The van der Waals surface area contributed by atoms with Crippen LogP contribution in [0, 0.1) is 0 Å². The topological polar surface area (TPSA) is 37.2 Å². The number of hydrogen-bond acceptors (Lipinski definition) is 2. The second kappa shape index (κ2) is 5.78. The van der Waals surface area contributed by atoms with E-state index in [4.69, 9.17) is 5.11 Å². The molecule has 0 radical (unpaired) electrons. The summed E-state index contributed by atoms with van der Waals surface area (Å²) in [6.07, 6.45) is 3.25. The molecule has 0 spiro atoms. The lowest BCUT2D eigenvalue weighted by Gasteiger charge is -2.07. The lowest BCUT2D eigenvalue weighted by Crippen LogP contribution is -2.19. The average Bonchev–Trinajstić information content (AvgIpc) is 2.54. The molecule has 0 aliphatic heterocycles. The first-order valence-electron chi connectivity index (χ1n) is 4.84. The van der Waals surface area contributed by atoms with E-state index in [1.54, 1.807) is 0 Å². The van der Waals surface area contributed by atoms with Gasteiger partial charge in [0.15, 0.2) is 0 Å². The third-order valence-corrected chi connectivity index (χ3v) is 1.98. The Kier molecular flexibility index (Phi) is 4.57. The Bertz CT molecular complexity index is 233. The van der Waals surface area contributed by atoms with Gasteiger partial charge in [-0.1, -0.05) is 6.92 Å². The van der Waals surface area contributed by atoms with E-state index < -0.39 is 0 Å². The van der Waals surface area contributed by atoms with Crippen molar-refractivity contribution >= 4 is 0 Å². The van der Waals surface area contributed by atoms with Gasteiger partial charge in [0.25, 0.3) is 0 Å². The Hall–Kier alpha value is -0.800. The number of aliphatic hydroxyl groups excluding tert-OH is 1.